The fraction of sp³-hybridized carbons (Fsp3) is 0.333. The molecule has 38 heavy (non-hydrogen) atoms. The number of carbonyl (C=O) groups excluding carboxylic acids is 2. The lowest BCUT2D eigenvalue weighted by Gasteiger charge is -2.20. The van der Waals surface area contributed by atoms with Crippen molar-refractivity contribution < 1.29 is 14.3 Å². The van der Waals surface area contributed by atoms with Crippen LogP contribution in [0.5, 0.6) is 5.75 Å². The highest BCUT2D eigenvalue weighted by Gasteiger charge is 2.19. The molecule has 1 atom stereocenters. The number of hydrogen-bond donors (Lipinski definition) is 1. The molecule has 0 saturated carbocycles. The number of amides is 1. The Morgan fingerprint density at radius 2 is 1.66 bits per heavy atom. The third-order valence-electron chi connectivity index (χ3n) is 7.25. The first-order chi connectivity index (χ1) is 18.0. The van der Waals surface area contributed by atoms with Crippen molar-refractivity contribution in [2.75, 3.05) is 0 Å². The normalized spacial score (nSPS) is 12.5. The van der Waals surface area contributed by atoms with Crippen LogP contribution < -0.4 is 10.1 Å². The maximum atomic E-state index is 13.2. The van der Waals surface area contributed by atoms with E-state index < -0.39 is 5.60 Å². The molecule has 0 bridgehead atoms. The van der Waals surface area contributed by atoms with Gasteiger partial charge < -0.3 is 14.6 Å². The summed E-state index contributed by atoms with van der Waals surface area (Å²) < 4.78 is 8.02. The minimum Gasteiger partial charge on any atom is -0.480 e. The second-order valence-corrected chi connectivity index (χ2v) is 11.0. The number of aryl methyl sites for hydroxylation is 1. The molecule has 1 aromatic heterocycles. The summed E-state index contributed by atoms with van der Waals surface area (Å²) in [5, 5.41) is 4.25. The van der Waals surface area contributed by atoms with Gasteiger partial charge in [0.1, 0.15) is 5.75 Å². The number of rotatable bonds is 9. The fourth-order valence-corrected chi connectivity index (χ4v) is 4.72. The summed E-state index contributed by atoms with van der Waals surface area (Å²) in [4.78, 5) is 24.4. The number of aldehydes is 1. The van der Waals surface area contributed by atoms with Crippen LogP contribution in [-0.2, 0) is 11.3 Å². The number of aromatic nitrogens is 1. The summed E-state index contributed by atoms with van der Waals surface area (Å²) in [5.74, 6) is 1.03. The molecule has 1 amide bonds. The molecule has 0 aliphatic heterocycles. The molecule has 4 rings (SSSR count). The van der Waals surface area contributed by atoms with Crippen molar-refractivity contribution in [1.82, 2.24) is 9.88 Å². The van der Waals surface area contributed by atoms with E-state index in [1.807, 2.05) is 49.4 Å². The van der Waals surface area contributed by atoms with Crippen LogP contribution in [0.25, 0.3) is 10.9 Å². The van der Waals surface area contributed by atoms with Gasteiger partial charge in [-0.2, -0.15) is 0 Å². The molecule has 5 nitrogen and oxygen atoms in total. The fourth-order valence-electron chi connectivity index (χ4n) is 4.72. The zero-order valence-corrected chi connectivity index (χ0v) is 23.5. The highest BCUT2D eigenvalue weighted by Crippen LogP contribution is 2.28. The van der Waals surface area contributed by atoms with Gasteiger partial charge in [-0.3, -0.25) is 9.59 Å². The molecule has 0 fully saturated rings. The van der Waals surface area contributed by atoms with Crippen LogP contribution in [0, 0.1) is 13.8 Å². The lowest BCUT2D eigenvalue weighted by atomic mass is 9.98. The zero-order valence-electron chi connectivity index (χ0n) is 23.5. The molecule has 1 heterocycles. The average molecular weight is 511 g/mol. The van der Waals surface area contributed by atoms with E-state index in [1.54, 1.807) is 13.8 Å². The SMILES string of the molecule is Cc1c(C)n(Cc2ccc(OC(C)(C)C=O)cc2)c2ccc(C(=O)N[C@@H](C)c3cccc(C(C)C)c3)cc12. The minimum atomic E-state index is -0.855. The third-order valence-corrected chi connectivity index (χ3v) is 7.25. The number of carbonyl (C=O) groups is 2. The lowest BCUT2D eigenvalue weighted by molar-refractivity contribution is -0.119. The average Bonchev–Trinajstić information content (AvgIpc) is 3.13. The number of nitrogens with zero attached hydrogens (tertiary/aromatic N) is 1. The predicted octanol–water partition coefficient (Wildman–Crippen LogP) is 7.28. The van der Waals surface area contributed by atoms with Gasteiger partial charge in [0.05, 0.1) is 6.04 Å². The Morgan fingerprint density at radius 1 is 0.974 bits per heavy atom. The van der Waals surface area contributed by atoms with Gasteiger partial charge in [0, 0.05) is 28.7 Å². The molecule has 0 aliphatic rings. The summed E-state index contributed by atoms with van der Waals surface area (Å²) in [6.45, 7) is 14.8. The highest BCUT2D eigenvalue weighted by molar-refractivity contribution is 5.99. The standard InChI is InChI=1S/C33H38N2O3/c1-21(2)26-9-8-10-27(17-26)23(4)34-32(37)28-13-16-31-30(18-28)22(3)24(5)35(31)19-25-11-14-29(15-12-25)38-33(6,7)20-36/h8-18,20-21,23H,19H2,1-7H3,(H,34,37)/t23-/m0/s1. The Bertz CT molecular complexity index is 1460. The lowest BCUT2D eigenvalue weighted by Crippen LogP contribution is -2.29. The van der Waals surface area contributed by atoms with Gasteiger partial charge in [-0.1, -0.05) is 50.2 Å². The molecule has 198 valence electrons. The van der Waals surface area contributed by atoms with E-state index in [2.05, 4.69) is 61.8 Å². The van der Waals surface area contributed by atoms with Crippen LogP contribution in [-0.4, -0.2) is 22.4 Å². The van der Waals surface area contributed by atoms with Gasteiger partial charge in [0.15, 0.2) is 11.9 Å². The van der Waals surface area contributed by atoms with Crippen LogP contribution in [0.4, 0.5) is 0 Å². The van der Waals surface area contributed by atoms with Gasteiger partial charge in [-0.05, 0) is 93.1 Å². The molecule has 0 radical (unpaired) electrons. The smallest absolute Gasteiger partial charge is 0.251 e. The van der Waals surface area contributed by atoms with Crippen LogP contribution in [0.2, 0.25) is 0 Å². The van der Waals surface area contributed by atoms with Crippen molar-refractivity contribution in [3.8, 4) is 5.75 Å². The van der Waals surface area contributed by atoms with E-state index in [0.29, 0.717) is 23.8 Å². The van der Waals surface area contributed by atoms with Crippen LogP contribution in [0.1, 0.15) is 84.9 Å². The maximum absolute atomic E-state index is 13.2. The Labute approximate surface area is 225 Å². The van der Waals surface area contributed by atoms with Crippen LogP contribution >= 0.6 is 0 Å². The van der Waals surface area contributed by atoms with E-state index in [1.165, 1.54) is 16.8 Å². The number of fused-ring (bicyclic) bond motifs is 1. The van der Waals surface area contributed by atoms with E-state index in [0.717, 1.165) is 28.3 Å². The Balaban J connectivity index is 1.54. The van der Waals surface area contributed by atoms with Crippen molar-refractivity contribution in [3.05, 3.63) is 100 Å². The van der Waals surface area contributed by atoms with E-state index in [9.17, 15) is 9.59 Å². The minimum absolute atomic E-state index is 0.0759. The van der Waals surface area contributed by atoms with E-state index in [-0.39, 0.29) is 11.9 Å². The molecular formula is C33H38N2O3. The van der Waals surface area contributed by atoms with Gasteiger partial charge in [-0.15, -0.1) is 0 Å². The molecule has 1 N–H and O–H groups in total. The maximum Gasteiger partial charge on any atom is 0.251 e. The van der Waals surface area contributed by atoms with Gasteiger partial charge in [0.25, 0.3) is 5.91 Å². The molecule has 5 heteroatoms. The van der Waals surface area contributed by atoms with Crippen LogP contribution in [0.3, 0.4) is 0 Å². The van der Waals surface area contributed by atoms with Crippen molar-refractivity contribution in [1.29, 1.82) is 0 Å². The van der Waals surface area contributed by atoms with Gasteiger partial charge in [-0.25, -0.2) is 0 Å². The van der Waals surface area contributed by atoms with Gasteiger partial charge >= 0.3 is 0 Å². The van der Waals surface area contributed by atoms with E-state index in [4.69, 9.17) is 4.74 Å². The Kier molecular flexibility index (Phi) is 7.77. The molecule has 0 aliphatic carbocycles. The van der Waals surface area contributed by atoms with Crippen molar-refractivity contribution in [2.24, 2.45) is 0 Å². The second kappa shape index (κ2) is 10.9. The molecular weight excluding hydrogens is 472 g/mol. The molecule has 0 unspecified atom stereocenters. The molecule has 0 spiro atoms. The first kappa shape index (κ1) is 27.2. The summed E-state index contributed by atoms with van der Waals surface area (Å²) in [5.41, 5.74) is 6.73. The topological polar surface area (TPSA) is 60.3 Å². The van der Waals surface area contributed by atoms with Crippen molar-refractivity contribution in [3.63, 3.8) is 0 Å². The summed E-state index contributed by atoms with van der Waals surface area (Å²) >= 11 is 0. The Morgan fingerprint density at radius 3 is 2.32 bits per heavy atom. The highest BCUT2D eigenvalue weighted by atomic mass is 16.5. The molecule has 4 aromatic rings. The largest absolute Gasteiger partial charge is 0.480 e. The number of nitrogens with one attached hydrogen (secondary N) is 1. The first-order valence-electron chi connectivity index (χ1n) is 13.2. The number of benzene rings is 3. The number of hydrogen-bond acceptors (Lipinski definition) is 3. The monoisotopic (exact) mass is 510 g/mol. The van der Waals surface area contributed by atoms with Crippen molar-refractivity contribution in [2.45, 2.75) is 72.6 Å². The molecule has 3 aromatic carbocycles. The first-order valence-corrected chi connectivity index (χ1v) is 13.2. The van der Waals surface area contributed by atoms with Crippen molar-refractivity contribution >= 4 is 23.1 Å². The van der Waals surface area contributed by atoms with Gasteiger partial charge in [0.2, 0.25) is 0 Å². The summed E-state index contributed by atoms with van der Waals surface area (Å²) in [6, 6.07) is 22.1. The second-order valence-electron chi connectivity index (χ2n) is 11.0. The number of ether oxygens (including phenoxy) is 1. The zero-order chi connectivity index (χ0) is 27.6. The van der Waals surface area contributed by atoms with Crippen LogP contribution in [0.15, 0.2) is 66.7 Å². The summed E-state index contributed by atoms with van der Waals surface area (Å²) in [6.07, 6.45) is 0.804. The predicted molar refractivity (Wildman–Crippen MR) is 154 cm³/mol. The third kappa shape index (κ3) is 5.83. The Hall–Kier alpha value is -3.86. The van der Waals surface area contributed by atoms with E-state index >= 15 is 0 Å². The quantitative estimate of drug-likeness (QED) is 0.241. The summed E-state index contributed by atoms with van der Waals surface area (Å²) in [7, 11) is 0. The molecule has 0 saturated heterocycles.